The first kappa shape index (κ1) is 16.0. The lowest BCUT2D eigenvalue weighted by Gasteiger charge is -2.11. The van der Waals surface area contributed by atoms with Crippen molar-refractivity contribution in [3.8, 4) is 0 Å². The van der Waals surface area contributed by atoms with E-state index >= 15 is 0 Å². The molecule has 0 aliphatic heterocycles. The summed E-state index contributed by atoms with van der Waals surface area (Å²) in [5.74, 6) is -0.551. The maximum atomic E-state index is 13.1. The highest BCUT2D eigenvalue weighted by atomic mass is 79.9. The summed E-state index contributed by atoms with van der Waals surface area (Å²) < 4.78 is 13.7. The van der Waals surface area contributed by atoms with Crippen LogP contribution >= 0.6 is 39.1 Å². The van der Waals surface area contributed by atoms with E-state index in [1.807, 2.05) is 0 Å². The second kappa shape index (κ2) is 6.60. The van der Waals surface area contributed by atoms with E-state index in [4.69, 9.17) is 23.2 Å². The van der Waals surface area contributed by atoms with Gasteiger partial charge in [-0.3, -0.25) is 10.1 Å². The van der Waals surface area contributed by atoms with E-state index in [2.05, 4.69) is 21.2 Å². The SMILES string of the molecule is O=[N+]([O-])c1cc(Br)ccc1CNc1c(Cl)cc(F)cc1Cl. The summed E-state index contributed by atoms with van der Waals surface area (Å²) in [4.78, 5) is 10.5. The van der Waals surface area contributed by atoms with Crippen LogP contribution in [0.5, 0.6) is 0 Å². The van der Waals surface area contributed by atoms with Crippen molar-refractivity contribution >= 4 is 50.5 Å². The van der Waals surface area contributed by atoms with Crippen molar-refractivity contribution in [3.05, 3.63) is 66.3 Å². The van der Waals surface area contributed by atoms with Crippen LogP contribution in [-0.2, 0) is 6.54 Å². The van der Waals surface area contributed by atoms with Crippen LogP contribution in [0, 0.1) is 15.9 Å². The van der Waals surface area contributed by atoms with Gasteiger partial charge in [-0.05, 0) is 24.3 Å². The molecule has 0 aliphatic rings. The Balaban J connectivity index is 2.27. The molecule has 1 N–H and O–H groups in total. The summed E-state index contributed by atoms with van der Waals surface area (Å²) in [7, 11) is 0. The van der Waals surface area contributed by atoms with Gasteiger partial charge in [-0.15, -0.1) is 0 Å². The van der Waals surface area contributed by atoms with Gasteiger partial charge in [0.1, 0.15) is 5.82 Å². The topological polar surface area (TPSA) is 55.2 Å². The number of anilines is 1. The first-order valence-corrected chi connectivity index (χ1v) is 7.24. The summed E-state index contributed by atoms with van der Waals surface area (Å²) in [5, 5.41) is 14.1. The number of hydrogen-bond donors (Lipinski definition) is 1. The monoisotopic (exact) mass is 392 g/mol. The molecule has 0 amide bonds. The van der Waals surface area contributed by atoms with Gasteiger partial charge >= 0.3 is 0 Å². The summed E-state index contributed by atoms with van der Waals surface area (Å²) in [6, 6.07) is 6.95. The van der Waals surface area contributed by atoms with Crippen LogP contribution in [0.4, 0.5) is 15.8 Å². The second-order valence-electron chi connectivity index (χ2n) is 4.13. The molecule has 0 saturated heterocycles. The van der Waals surface area contributed by atoms with E-state index in [1.165, 1.54) is 6.07 Å². The smallest absolute Gasteiger partial charge is 0.275 e. The third-order valence-corrected chi connectivity index (χ3v) is 3.80. The summed E-state index contributed by atoms with van der Waals surface area (Å²) >= 11 is 15.0. The number of halogens is 4. The molecule has 0 aromatic heterocycles. The molecule has 4 nitrogen and oxygen atoms in total. The maximum absolute atomic E-state index is 13.1. The number of nitrogens with one attached hydrogen (secondary N) is 1. The summed E-state index contributed by atoms with van der Waals surface area (Å²) in [6.07, 6.45) is 0. The van der Waals surface area contributed by atoms with E-state index in [0.29, 0.717) is 15.7 Å². The molecule has 0 fully saturated rings. The number of nitro benzene ring substituents is 1. The highest BCUT2D eigenvalue weighted by Crippen LogP contribution is 2.32. The fourth-order valence-corrected chi connectivity index (χ4v) is 2.69. The lowest BCUT2D eigenvalue weighted by molar-refractivity contribution is -0.385. The Morgan fingerprint density at radius 2 is 1.86 bits per heavy atom. The third-order valence-electron chi connectivity index (χ3n) is 2.71. The zero-order valence-corrected chi connectivity index (χ0v) is 13.5. The maximum Gasteiger partial charge on any atom is 0.275 e. The number of nitrogens with zero attached hydrogens (tertiary/aromatic N) is 1. The molecule has 0 aliphatic carbocycles. The van der Waals surface area contributed by atoms with Crippen molar-refractivity contribution in [3.63, 3.8) is 0 Å². The third kappa shape index (κ3) is 3.84. The lowest BCUT2D eigenvalue weighted by Crippen LogP contribution is -2.04. The zero-order chi connectivity index (χ0) is 15.6. The minimum Gasteiger partial charge on any atom is -0.378 e. The first-order chi connectivity index (χ1) is 9.88. The van der Waals surface area contributed by atoms with Gasteiger partial charge in [0, 0.05) is 22.6 Å². The predicted molar refractivity (Wildman–Crippen MR) is 84.5 cm³/mol. The molecule has 2 aromatic rings. The van der Waals surface area contributed by atoms with E-state index in [-0.39, 0.29) is 22.3 Å². The average Bonchev–Trinajstić information content (AvgIpc) is 2.38. The fraction of sp³-hybridized carbons (Fsp3) is 0.0769. The second-order valence-corrected chi connectivity index (χ2v) is 5.86. The first-order valence-electron chi connectivity index (χ1n) is 5.69. The molecule has 0 bridgehead atoms. The van der Waals surface area contributed by atoms with Gasteiger partial charge in [0.2, 0.25) is 0 Å². The van der Waals surface area contributed by atoms with Crippen molar-refractivity contribution < 1.29 is 9.31 Å². The normalized spacial score (nSPS) is 10.5. The number of nitro groups is 1. The molecule has 0 saturated carbocycles. The van der Waals surface area contributed by atoms with E-state index in [9.17, 15) is 14.5 Å². The predicted octanol–water partition coefficient (Wildman–Crippen LogP) is 5.42. The molecule has 2 rings (SSSR count). The number of rotatable bonds is 4. The largest absolute Gasteiger partial charge is 0.378 e. The Labute approximate surface area is 138 Å². The van der Waals surface area contributed by atoms with Crippen molar-refractivity contribution in [2.45, 2.75) is 6.54 Å². The van der Waals surface area contributed by atoms with Crippen LogP contribution in [-0.4, -0.2) is 4.92 Å². The Morgan fingerprint density at radius 3 is 2.43 bits per heavy atom. The van der Waals surface area contributed by atoms with Gasteiger partial charge < -0.3 is 5.32 Å². The molecular formula is C13H8BrCl2FN2O2. The number of benzene rings is 2. The van der Waals surface area contributed by atoms with Gasteiger partial charge in [0.15, 0.2) is 0 Å². The summed E-state index contributed by atoms with van der Waals surface area (Å²) in [6.45, 7) is 0.134. The molecule has 21 heavy (non-hydrogen) atoms. The number of hydrogen-bond acceptors (Lipinski definition) is 3. The van der Waals surface area contributed by atoms with Crippen LogP contribution < -0.4 is 5.32 Å². The quantitative estimate of drug-likeness (QED) is 0.557. The molecule has 0 radical (unpaired) electrons. The lowest BCUT2D eigenvalue weighted by atomic mass is 10.1. The Kier molecular flexibility index (Phi) is 5.03. The van der Waals surface area contributed by atoms with Crippen molar-refractivity contribution in [2.75, 3.05) is 5.32 Å². The van der Waals surface area contributed by atoms with Crippen LogP contribution in [0.25, 0.3) is 0 Å². The van der Waals surface area contributed by atoms with Gasteiger partial charge in [-0.25, -0.2) is 4.39 Å². The van der Waals surface area contributed by atoms with E-state index in [1.54, 1.807) is 12.1 Å². The molecule has 110 valence electrons. The van der Waals surface area contributed by atoms with Gasteiger partial charge in [0.05, 0.1) is 20.7 Å². The van der Waals surface area contributed by atoms with E-state index < -0.39 is 10.7 Å². The highest BCUT2D eigenvalue weighted by molar-refractivity contribution is 9.10. The van der Waals surface area contributed by atoms with Crippen LogP contribution in [0.3, 0.4) is 0 Å². The Morgan fingerprint density at radius 1 is 1.24 bits per heavy atom. The fourth-order valence-electron chi connectivity index (χ4n) is 1.75. The molecule has 0 heterocycles. The minimum absolute atomic E-state index is 0.0359. The van der Waals surface area contributed by atoms with Gasteiger partial charge in [0.25, 0.3) is 5.69 Å². The molecule has 8 heteroatoms. The van der Waals surface area contributed by atoms with Crippen LogP contribution in [0.2, 0.25) is 10.0 Å². The molecule has 0 atom stereocenters. The Bertz CT molecular complexity index is 690. The molecule has 0 spiro atoms. The van der Waals surface area contributed by atoms with Crippen LogP contribution in [0.1, 0.15) is 5.56 Å². The standard InChI is InChI=1S/C13H8BrCl2FN2O2/c14-8-2-1-7(12(3-8)19(20)21)6-18-13-10(15)4-9(17)5-11(13)16/h1-5,18H,6H2. The van der Waals surface area contributed by atoms with Crippen molar-refractivity contribution in [1.82, 2.24) is 0 Å². The minimum atomic E-state index is -0.551. The Hall–Kier alpha value is -1.37. The highest BCUT2D eigenvalue weighted by Gasteiger charge is 2.15. The summed E-state index contributed by atoms with van der Waals surface area (Å²) in [5.41, 5.74) is 0.753. The molecule has 0 unspecified atom stereocenters. The molecule has 2 aromatic carbocycles. The van der Waals surface area contributed by atoms with E-state index in [0.717, 1.165) is 12.1 Å². The molecular weight excluding hydrogens is 386 g/mol. The van der Waals surface area contributed by atoms with Gasteiger partial charge in [-0.2, -0.15) is 0 Å². The van der Waals surface area contributed by atoms with Gasteiger partial charge in [-0.1, -0.05) is 39.1 Å². The average molecular weight is 394 g/mol. The van der Waals surface area contributed by atoms with Crippen molar-refractivity contribution in [2.24, 2.45) is 0 Å². The zero-order valence-electron chi connectivity index (χ0n) is 10.4. The van der Waals surface area contributed by atoms with Crippen molar-refractivity contribution in [1.29, 1.82) is 0 Å². The van der Waals surface area contributed by atoms with Crippen LogP contribution in [0.15, 0.2) is 34.8 Å².